The lowest BCUT2D eigenvalue weighted by Gasteiger charge is -2.32. The molecule has 0 saturated carbocycles. The summed E-state index contributed by atoms with van der Waals surface area (Å²) >= 11 is 0. The Hall–Kier alpha value is -1.47. The molecule has 1 aromatic carbocycles. The van der Waals surface area contributed by atoms with Crippen molar-refractivity contribution in [2.45, 2.75) is 51.4 Å². The molecule has 0 aromatic heterocycles. The van der Waals surface area contributed by atoms with Gasteiger partial charge in [0.15, 0.2) is 11.5 Å². The van der Waals surface area contributed by atoms with E-state index >= 15 is 0 Å². The molecule has 0 unspecified atom stereocenters. The average Bonchev–Trinajstić information content (AvgIpc) is 2.60. The van der Waals surface area contributed by atoms with Crippen LogP contribution in [0.3, 0.4) is 0 Å². The minimum absolute atomic E-state index is 0.242. The SMILES string of the molecule is CCCCOc1ccc(CNC2CCN(CC(F)(F)F)CC2)cc1OC. The van der Waals surface area contributed by atoms with E-state index in [1.165, 1.54) is 4.90 Å². The van der Waals surface area contributed by atoms with Crippen LogP contribution in [0, 0.1) is 0 Å². The van der Waals surface area contributed by atoms with Crippen molar-refractivity contribution < 1.29 is 22.6 Å². The Labute approximate surface area is 153 Å². The normalized spacial score (nSPS) is 16.7. The number of likely N-dealkylation sites (tertiary alicyclic amines) is 1. The van der Waals surface area contributed by atoms with Crippen LogP contribution >= 0.6 is 0 Å². The zero-order valence-corrected chi connectivity index (χ0v) is 15.6. The molecule has 7 heteroatoms. The summed E-state index contributed by atoms with van der Waals surface area (Å²) in [6.07, 6.45) is -0.583. The number of alkyl halides is 3. The van der Waals surface area contributed by atoms with Gasteiger partial charge in [-0.1, -0.05) is 19.4 Å². The molecular weight excluding hydrogens is 345 g/mol. The molecule has 0 aliphatic carbocycles. The van der Waals surface area contributed by atoms with E-state index in [2.05, 4.69) is 12.2 Å². The zero-order chi connectivity index (χ0) is 19.0. The minimum atomic E-state index is -4.11. The highest BCUT2D eigenvalue weighted by molar-refractivity contribution is 5.42. The van der Waals surface area contributed by atoms with Gasteiger partial charge in [0.2, 0.25) is 0 Å². The number of piperidine rings is 1. The smallest absolute Gasteiger partial charge is 0.401 e. The maximum Gasteiger partial charge on any atom is 0.401 e. The summed E-state index contributed by atoms with van der Waals surface area (Å²) in [6, 6.07) is 6.10. The van der Waals surface area contributed by atoms with E-state index in [9.17, 15) is 13.2 Å². The number of halogens is 3. The molecule has 1 aromatic rings. The Kier molecular flexibility index (Phi) is 8.03. The van der Waals surface area contributed by atoms with Gasteiger partial charge in [-0.05, 0) is 50.0 Å². The third-order valence-corrected chi connectivity index (χ3v) is 4.57. The quantitative estimate of drug-likeness (QED) is 0.663. The number of ether oxygens (including phenoxy) is 2. The number of benzene rings is 1. The molecule has 2 rings (SSSR count). The predicted molar refractivity (Wildman–Crippen MR) is 95.8 cm³/mol. The lowest BCUT2D eigenvalue weighted by molar-refractivity contribution is -0.148. The van der Waals surface area contributed by atoms with Crippen LogP contribution in [0.15, 0.2) is 18.2 Å². The monoisotopic (exact) mass is 374 g/mol. The van der Waals surface area contributed by atoms with Gasteiger partial charge in [0, 0.05) is 12.6 Å². The topological polar surface area (TPSA) is 33.7 Å². The second-order valence-electron chi connectivity index (χ2n) is 6.73. The molecule has 1 saturated heterocycles. The number of hydrogen-bond donors (Lipinski definition) is 1. The standard InChI is InChI=1S/C19H29F3N2O2/c1-3-4-11-26-17-6-5-15(12-18(17)25-2)13-23-16-7-9-24(10-8-16)14-19(20,21)22/h5-6,12,16,23H,3-4,7-11,13-14H2,1-2H3. The second-order valence-corrected chi connectivity index (χ2v) is 6.73. The molecule has 4 nitrogen and oxygen atoms in total. The van der Waals surface area contributed by atoms with Crippen LogP contribution in [0.1, 0.15) is 38.2 Å². The fraction of sp³-hybridized carbons (Fsp3) is 0.684. The molecule has 26 heavy (non-hydrogen) atoms. The van der Waals surface area contributed by atoms with E-state index in [1.807, 2.05) is 18.2 Å². The van der Waals surface area contributed by atoms with Crippen molar-refractivity contribution in [2.75, 3.05) is 33.4 Å². The largest absolute Gasteiger partial charge is 0.493 e. The van der Waals surface area contributed by atoms with E-state index in [1.54, 1.807) is 7.11 Å². The highest BCUT2D eigenvalue weighted by Crippen LogP contribution is 2.28. The van der Waals surface area contributed by atoms with Gasteiger partial charge in [0.1, 0.15) is 0 Å². The molecule has 1 aliphatic heterocycles. The van der Waals surface area contributed by atoms with Gasteiger partial charge < -0.3 is 14.8 Å². The first kappa shape index (κ1) is 20.8. The fourth-order valence-corrected chi connectivity index (χ4v) is 3.08. The highest BCUT2D eigenvalue weighted by atomic mass is 19.4. The third kappa shape index (κ3) is 7.03. The summed E-state index contributed by atoms with van der Waals surface area (Å²) < 4.78 is 48.4. The first-order valence-corrected chi connectivity index (χ1v) is 9.23. The molecule has 1 N–H and O–H groups in total. The lowest BCUT2D eigenvalue weighted by Crippen LogP contribution is -2.45. The summed E-state index contributed by atoms with van der Waals surface area (Å²) in [7, 11) is 1.62. The minimum Gasteiger partial charge on any atom is -0.493 e. The van der Waals surface area contributed by atoms with Gasteiger partial charge in [-0.25, -0.2) is 0 Å². The molecule has 1 fully saturated rings. The molecule has 0 bridgehead atoms. The molecule has 0 atom stereocenters. The van der Waals surface area contributed by atoms with Crippen molar-refractivity contribution in [2.24, 2.45) is 0 Å². The predicted octanol–water partition coefficient (Wildman–Crippen LogP) is 3.99. The summed E-state index contributed by atoms with van der Waals surface area (Å²) in [5, 5.41) is 3.44. The van der Waals surface area contributed by atoms with Crippen molar-refractivity contribution >= 4 is 0 Å². The average molecular weight is 374 g/mol. The Balaban J connectivity index is 1.79. The van der Waals surface area contributed by atoms with Crippen LogP contribution in [0.5, 0.6) is 11.5 Å². The van der Waals surface area contributed by atoms with E-state index in [0.717, 1.165) is 37.0 Å². The number of nitrogens with one attached hydrogen (secondary N) is 1. The maximum atomic E-state index is 12.4. The van der Waals surface area contributed by atoms with Gasteiger partial charge in [-0.3, -0.25) is 4.90 Å². The Morgan fingerprint density at radius 2 is 1.92 bits per heavy atom. The molecule has 1 aliphatic rings. The van der Waals surface area contributed by atoms with Crippen LogP contribution < -0.4 is 14.8 Å². The summed E-state index contributed by atoms with van der Waals surface area (Å²) in [4.78, 5) is 1.48. The van der Waals surface area contributed by atoms with Crippen LogP contribution in [-0.4, -0.2) is 50.5 Å². The molecule has 1 heterocycles. The number of unbranched alkanes of at least 4 members (excludes halogenated alkanes) is 1. The second kappa shape index (κ2) is 10.0. The number of methoxy groups -OCH3 is 1. The van der Waals surface area contributed by atoms with Crippen molar-refractivity contribution in [3.8, 4) is 11.5 Å². The van der Waals surface area contributed by atoms with Crippen molar-refractivity contribution in [3.63, 3.8) is 0 Å². The van der Waals surface area contributed by atoms with E-state index in [-0.39, 0.29) is 6.04 Å². The van der Waals surface area contributed by atoms with Crippen molar-refractivity contribution in [1.29, 1.82) is 0 Å². The molecular formula is C19H29F3N2O2. The zero-order valence-electron chi connectivity index (χ0n) is 15.6. The molecule has 0 amide bonds. The summed E-state index contributed by atoms with van der Waals surface area (Å²) in [5.41, 5.74) is 1.07. The first-order chi connectivity index (χ1) is 12.4. The van der Waals surface area contributed by atoms with Gasteiger partial charge in [0.25, 0.3) is 0 Å². The van der Waals surface area contributed by atoms with Crippen LogP contribution in [0.2, 0.25) is 0 Å². The highest BCUT2D eigenvalue weighted by Gasteiger charge is 2.32. The summed E-state index contributed by atoms with van der Waals surface area (Å²) in [6.45, 7) is 3.59. The van der Waals surface area contributed by atoms with Crippen LogP contribution in [0.4, 0.5) is 13.2 Å². The van der Waals surface area contributed by atoms with Gasteiger partial charge in [-0.2, -0.15) is 13.2 Å². The number of rotatable bonds is 9. The number of nitrogens with zero attached hydrogens (tertiary/aromatic N) is 1. The summed E-state index contributed by atoms with van der Waals surface area (Å²) in [5.74, 6) is 1.45. The maximum absolute atomic E-state index is 12.4. The van der Waals surface area contributed by atoms with E-state index in [0.29, 0.717) is 32.0 Å². The number of hydrogen-bond acceptors (Lipinski definition) is 4. The first-order valence-electron chi connectivity index (χ1n) is 9.23. The van der Waals surface area contributed by atoms with Gasteiger partial charge in [0.05, 0.1) is 20.3 Å². The van der Waals surface area contributed by atoms with Crippen molar-refractivity contribution in [3.05, 3.63) is 23.8 Å². The lowest BCUT2D eigenvalue weighted by atomic mass is 10.0. The molecule has 0 spiro atoms. The van der Waals surface area contributed by atoms with Crippen LogP contribution in [0.25, 0.3) is 0 Å². The van der Waals surface area contributed by atoms with E-state index in [4.69, 9.17) is 9.47 Å². The third-order valence-electron chi connectivity index (χ3n) is 4.57. The Morgan fingerprint density at radius 1 is 1.19 bits per heavy atom. The van der Waals surface area contributed by atoms with Gasteiger partial charge in [-0.15, -0.1) is 0 Å². The van der Waals surface area contributed by atoms with Gasteiger partial charge >= 0.3 is 6.18 Å². The fourth-order valence-electron chi connectivity index (χ4n) is 3.08. The molecule has 148 valence electrons. The molecule has 0 radical (unpaired) electrons. The Morgan fingerprint density at radius 3 is 2.54 bits per heavy atom. The van der Waals surface area contributed by atoms with Crippen LogP contribution in [-0.2, 0) is 6.54 Å². The van der Waals surface area contributed by atoms with Crippen molar-refractivity contribution in [1.82, 2.24) is 10.2 Å². The Bertz CT molecular complexity index is 544. The van der Waals surface area contributed by atoms with E-state index < -0.39 is 12.7 Å².